The summed E-state index contributed by atoms with van der Waals surface area (Å²) in [5, 5.41) is 5.84. The van der Waals surface area contributed by atoms with Crippen molar-refractivity contribution in [1.82, 2.24) is 5.32 Å². The Bertz CT molecular complexity index is 1100. The Kier molecular flexibility index (Phi) is 6.66. The van der Waals surface area contributed by atoms with Crippen molar-refractivity contribution in [2.75, 3.05) is 11.9 Å². The molecule has 0 unspecified atom stereocenters. The molecule has 3 amide bonds. The first-order chi connectivity index (χ1) is 14.5. The zero-order valence-corrected chi connectivity index (χ0v) is 16.2. The molecule has 2 N–H and O–H groups in total. The molecule has 0 atom stereocenters. The fourth-order valence-corrected chi connectivity index (χ4v) is 3.17. The van der Waals surface area contributed by atoms with Gasteiger partial charge in [0.2, 0.25) is 5.78 Å². The highest BCUT2D eigenvalue weighted by atomic mass is 32.1. The first-order valence-electron chi connectivity index (χ1n) is 8.65. The maximum absolute atomic E-state index is 13.5. The van der Waals surface area contributed by atoms with Crippen molar-refractivity contribution in [2.24, 2.45) is 0 Å². The molecule has 0 bridgehead atoms. The Morgan fingerprint density at radius 2 is 1.60 bits per heavy atom. The van der Waals surface area contributed by atoms with E-state index >= 15 is 0 Å². The number of hydrogen-bond acceptors (Lipinski definition) is 6. The number of carbonyl (C=O) groups is 4. The summed E-state index contributed by atoms with van der Waals surface area (Å²) in [5.74, 6) is -2.82. The van der Waals surface area contributed by atoms with Crippen molar-refractivity contribution in [2.45, 2.75) is 0 Å². The van der Waals surface area contributed by atoms with Crippen LogP contribution in [0.1, 0.15) is 25.6 Å². The molecule has 3 aromatic rings. The van der Waals surface area contributed by atoms with Gasteiger partial charge in [-0.3, -0.25) is 14.9 Å². The highest BCUT2D eigenvalue weighted by Crippen LogP contribution is 2.19. The molecule has 0 radical (unpaired) electrons. The molecule has 0 fully saturated rings. The Balaban J connectivity index is 1.58. The van der Waals surface area contributed by atoms with Crippen LogP contribution in [-0.4, -0.2) is 30.3 Å². The maximum atomic E-state index is 13.5. The van der Waals surface area contributed by atoms with Crippen LogP contribution < -0.4 is 10.6 Å². The summed E-state index contributed by atoms with van der Waals surface area (Å²) in [7, 11) is 0. The van der Waals surface area contributed by atoms with E-state index in [1.165, 1.54) is 41.7 Å². The van der Waals surface area contributed by atoms with Crippen LogP contribution in [0.25, 0.3) is 0 Å². The molecule has 0 saturated carbocycles. The smallest absolute Gasteiger partial charge is 0.339 e. The van der Waals surface area contributed by atoms with Crippen molar-refractivity contribution in [3.8, 4) is 0 Å². The number of nitrogens with one attached hydrogen (secondary N) is 2. The zero-order valence-electron chi connectivity index (χ0n) is 15.4. The Morgan fingerprint density at radius 1 is 0.900 bits per heavy atom. The summed E-state index contributed by atoms with van der Waals surface area (Å²) < 4.78 is 18.4. The lowest BCUT2D eigenvalue weighted by Gasteiger charge is -2.09. The molecule has 3 rings (SSSR count). The van der Waals surface area contributed by atoms with Gasteiger partial charge in [0.1, 0.15) is 5.82 Å². The normalized spacial score (nSPS) is 10.2. The summed E-state index contributed by atoms with van der Waals surface area (Å²) in [6.45, 7) is -0.759. The molecule has 9 heteroatoms. The average molecular weight is 426 g/mol. The quantitative estimate of drug-likeness (QED) is 0.463. The Labute approximate surface area is 174 Å². The molecule has 1 heterocycles. The predicted octanol–water partition coefficient (Wildman–Crippen LogP) is 3.62. The highest BCUT2D eigenvalue weighted by molar-refractivity contribution is 7.12. The first-order valence-corrected chi connectivity index (χ1v) is 9.53. The van der Waals surface area contributed by atoms with E-state index in [2.05, 4.69) is 5.32 Å². The van der Waals surface area contributed by atoms with Crippen molar-refractivity contribution in [3.63, 3.8) is 0 Å². The number of carbonyl (C=O) groups excluding carboxylic acids is 4. The fourth-order valence-electron chi connectivity index (χ4n) is 2.49. The fraction of sp³-hybridized carbons (Fsp3) is 0.0476. The standard InChI is InChI=1S/C21H15FN2O5S/c22-15-8-3-4-9-16(15)23-21(28)24-18(25)12-29-20(27)14-7-2-1-6-13(14)19(26)17-10-5-11-30-17/h1-11H,12H2,(H2,23,24,25,28). The monoisotopic (exact) mass is 426 g/mol. The zero-order chi connectivity index (χ0) is 21.5. The van der Waals surface area contributed by atoms with E-state index in [4.69, 9.17) is 4.74 Å². The van der Waals surface area contributed by atoms with E-state index in [1.54, 1.807) is 29.6 Å². The van der Waals surface area contributed by atoms with Gasteiger partial charge in [-0.15, -0.1) is 11.3 Å². The van der Waals surface area contributed by atoms with E-state index in [1.807, 2.05) is 5.32 Å². The van der Waals surface area contributed by atoms with Gasteiger partial charge in [-0.25, -0.2) is 14.0 Å². The molecule has 0 saturated heterocycles. The molecule has 7 nitrogen and oxygen atoms in total. The third-order valence-corrected chi connectivity index (χ3v) is 4.71. The molecule has 152 valence electrons. The Hall–Kier alpha value is -3.85. The number of esters is 1. The molecule has 0 aliphatic rings. The van der Waals surface area contributed by atoms with Crippen LogP contribution in [0, 0.1) is 5.82 Å². The van der Waals surface area contributed by atoms with E-state index in [9.17, 15) is 23.6 Å². The first kappa shape index (κ1) is 20.9. The number of thiophene rings is 1. The van der Waals surface area contributed by atoms with Crippen LogP contribution in [0.3, 0.4) is 0 Å². The van der Waals surface area contributed by atoms with E-state index in [0.717, 1.165) is 6.07 Å². The third-order valence-electron chi connectivity index (χ3n) is 3.85. The van der Waals surface area contributed by atoms with Crippen LogP contribution in [0.5, 0.6) is 0 Å². The van der Waals surface area contributed by atoms with Crippen molar-refractivity contribution >= 4 is 40.7 Å². The van der Waals surface area contributed by atoms with Gasteiger partial charge in [-0.05, 0) is 29.6 Å². The second-order valence-electron chi connectivity index (χ2n) is 5.91. The number of urea groups is 1. The summed E-state index contributed by atoms with van der Waals surface area (Å²) in [6.07, 6.45) is 0. The van der Waals surface area contributed by atoms with Crippen molar-refractivity contribution in [1.29, 1.82) is 0 Å². The number of amides is 3. The van der Waals surface area contributed by atoms with Gasteiger partial charge in [0, 0.05) is 5.56 Å². The lowest BCUT2D eigenvalue weighted by atomic mass is 10.0. The summed E-state index contributed by atoms with van der Waals surface area (Å²) >= 11 is 1.24. The highest BCUT2D eigenvalue weighted by Gasteiger charge is 2.21. The number of hydrogen-bond donors (Lipinski definition) is 2. The summed E-state index contributed by atoms with van der Waals surface area (Å²) in [6, 6.07) is 13.9. The second-order valence-corrected chi connectivity index (χ2v) is 6.86. The van der Waals surface area contributed by atoms with Gasteiger partial charge in [0.05, 0.1) is 16.1 Å². The molecular weight excluding hydrogens is 411 g/mol. The van der Waals surface area contributed by atoms with E-state index < -0.39 is 30.3 Å². The molecule has 1 aromatic heterocycles. The number of rotatable bonds is 6. The molecule has 2 aromatic carbocycles. The number of benzene rings is 2. The van der Waals surface area contributed by atoms with Gasteiger partial charge in [-0.1, -0.05) is 36.4 Å². The minimum atomic E-state index is -0.977. The van der Waals surface area contributed by atoms with Gasteiger partial charge in [0.15, 0.2) is 6.61 Å². The van der Waals surface area contributed by atoms with Gasteiger partial charge in [-0.2, -0.15) is 0 Å². The number of ether oxygens (including phenoxy) is 1. The molecular formula is C21H15FN2O5S. The predicted molar refractivity (Wildman–Crippen MR) is 108 cm³/mol. The maximum Gasteiger partial charge on any atom is 0.339 e. The molecule has 0 spiro atoms. The van der Waals surface area contributed by atoms with Gasteiger partial charge in [0.25, 0.3) is 5.91 Å². The lowest BCUT2D eigenvalue weighted by molar-refractivity contribution is -0.123. The van der Waals surface area contributed by atoms with Crippen LogP contribution in [-0.2, 0) is 9.53 Å². The van der Waals surface area contributed by atoms with Crippen molar-refractivity contribution < 1.29 is 28.3 Å². The number of anilines is 1. The number of halogens is 1. The average Bonchev–Trinajstić information content (AvgIpc) is 3.28. The number of para-hydroxylation sites is 1. The van der Waals surface area contributed by atoms with Crippen LogP contribution in [0.4, 0.5) is 14.9 Å². The van der Waals surface area contributed by atoms with Gasteiger partial charge < -0.3 is 10.1 Å². The van der Waals surface area contributed by atoms with E-state index in [0.29, 0.717) is 4.88 Å². The topological polar surface area (TPSA) is 102 Å². The number of ketones is 1. The van der Waals surface area contributed by atoms with Crippen molar-refractivity contribution in [3.05, 3.63) is 87.9 Å². The summed E-state index contributed by atoms with van der Waals surface area (Å²) in [4.78, 5) is 49.0. The van der Waals surface area contributed by atoms with Crippen LogP contribution >= 0.6 is 11.3 Å². The van der Waals surface area contributed by atoms with Gasteiger partial charge >= 0.3 is 12.0 Å². The summed E-state index contributed by atoms with van der Waals surface area (Å²) in [5.41, 5.74) is 0.0305. The SMILES string of the molecule is O=C(COC(=O)c1ccccc1C(=O)c1cccs1)NC(=O)Nc1ccccc1F. The lowest BCUT2D eigenvalue weighted by Crippen LogP contribution is -2.37. The van der Waals surface area contributed by atoms with Crippen LogP contribution in [0.2, 0.25) is 0 Å². The molecule has 30 heavy (non-hydrogen) atoms. The second kappa shape index (κ2) is 9.57. The number of imide groups is 1. The molecule has 0 aliphatic heterocycles. The Morgan fingerprint density at radius 3 is 2.30 bits per heavy atom. The third kappa shape index (κ3) is 5.15. The van der Waals surface area contributed by atoms with Crippen LogP contribution in [0.15, 0.2) is 66.0 Å². The van der Waals surface area contributed by atoms with E-state index in [-0.39, 0.29) is 22.6 Å². The minimum absolute atomic E-state index is 0.000455. The largest absolute Gasteiger partial charge is 0.452 e. The molecule has 0 aliphatic carbocycles. The minimum Gasteiger partial charge on any atom is -0.452 e.